The number of benzene rings is 1. The van der Waals surface area contributed by atoms with Gasteiger partial charge in [-0.15, -0.1) is 0 Å². The van der Waals surface area contributed by atoms with Crippen LogP contribution in [0.4, 0.5) is 5.82 Å². The lowest BCUT2D eigenvalue weighted by atomic mass is 9.96. The molecule has 0 unspecified atom stereocenters. The van der Waals surface area contributed by atoms with E-state index in [4.69, 9.17) is 9.72 Å². The van der Waals surface area contributed by atoms with Crippen molar-refractivity contribution >= 4 is 22.8 Å². The van der Waals surface area contributed by atoms with Gasteiger partial charge >= 0.3 is 0 Å². The molecule has 0 spiro atoms. The highest BCUT2D eigenvalue weighted by Gasteiger charge is 2.27. The van der Waals surface area contributed by atoms with Gasteiger partial charge in [-0.1, -0.05) is 18.2 Å². The SMILES string of the molecule is COc1nc2ccccc2nc1N1CCC(C(=O)NCc2cccnc2)CC1. The van der Waals surface area contributed by atoms with Gasteiger partial charge in [0.2, 0.25) is 5.91 Å². The smallest absolute Gasteiger partial charge is 0.257 e. The van der Waals surface area contributed by atoms with Crippen molar-refractivity contribution in [3.8, 4) is 5.88 Å². The maximum atomic E-state index is 12.5. The molecule has 1 aliphatic rings. The number of carbonyl (C=O) groups is 1. The summed E-state index contributed by atoms with van der Waals surface area (Å²) >= 11 is 0. The van der Waals surface area contributed by atoms with E-state index < -0.39 is 0 Å². The molecule has 1 N–H and O–H groups in total. The Hall–Kier alpha value is -3.22. The summed E-state index contributed by atoms with van der Waals surface area (Å²) < 4.78 is 5.47. The first-order valence-corrected chi connectivity index (χ1v) is 9.47. The molecule has 28 heavy (non-hydrogen) atoms. The minimum atomic E-state index is 0.00679. The summed E-state index contributed by atoms with van der Waals surface area (Å²) in [7, 11) is 1.61. The van der Waals surface area contributed by atoms with Crippen molar-refractivity contribution in [2.75, 3.05) is 25.1 Å². The number of para-hydroxylation sites is 2. The molecule has 0 atom stereocenters. The summed E-state index contributed by atoms with van der Waals surface area (Å²) in [4.78, 5) is 28.1. The highest BCUT2D eigenvalue weighted by Crippen LogP contribution is 2.30. The van der Waals surface area contributed by atoms with Gasteiger partial charge in [-0.25, -0.2) is 9.97 Å². The van der Waals surface area contributed by atoms with Crippen LogP contribution in [-0.4, -0.2) is 41.1 Å². The van der Waals surface area contributed by atoms with Crippen LogP contribution in [0.2, 0.25) is 0 Å². The largest absolute Gasteiger partial charge is 0.478 e. The Morgan fingerprint density at radius 1 is 1.14 bits per heavy atom. The highest BCUT2D eigenvalue weighted by molar-refractivity contribution is 5.79. The monoisotopic (exact) mass is 377 g/mol. The van der Waals surface area contributed by atoms with E-state index in [-0.39, 0.29) is 11.8 Å². The third-order valence-electron chi connectivity index (χ3n) is 5.07. The highest BCUT2D eigenvalue weighted by atomic mass is 16.5. The molecule has 4 rings (SSSR count). The summed E-state index contributed by atoms with van der Waals surface area (Å²) in [5.74, 6) is 1.38. The van der Waals surface area contributed by atoms with Crippen molar-refractivity contribution in [2.24, 2.45) is 5.92 Å². The number of hydrogen-bond acceptors (Lipinski definition) is 6. The molecule has 144 valence electrons. The first kappa shape index (κ1) is 18.2. The fourth-order valence-electron chi connectivity index (χ4n) is 3.51. The van der Waals surface area contributed by atoms with Crippen LogP contribution in [0.3, 0.4) is 0 Å². The summed E-state index contributed by atoms with van der Waals surface area (Å²) in [6.07, 6.45) is 5.05. The predicted octanol–water partition coefficient (Wildman–Crippen LogP) is 2.57. The van der Waals surface area contributed by atoms with Gasteiger partial charge in [0.25, 0.3) is 5.88 Å². The minimum absolute atomic E-state index is 0.00679. The van der Waals surface area contributed by atoms with Gasteiger partial charge in [-0.3, -0.25) is 9.78 Å². The summed E-state index contributed by atoms with van der Waals surface area (Å²) in [5.41, 5.74) is 2.66. The number of nitrogens with zero attached hydrogens (tertiary/aromatic N) is 4. The molecule has 7 heteroatoms. The Morgan fingerprint density at radius 3 is 2.57 bits per heavy atom. The van der Waals surface area contributed by atoms with Crippen LogP contribution in [0, 0.1) is 5.92 Å². The lowest BCUT2D eigenvalue weighted by Crippen LogP contribution is -2.40. The maximum Gasteiger partial charge on any atom is 0.257 e. The van der Waals surface area contributed by atoms with Gasteiger partial charge in [0, 0.05) is 37.9 Å². The van der Waals surface area contributed by atoms with E-state index in [9.17, 15) is 4.79 Å². The van der Waals surface area contributed by atoms with Gasteiger partial charge in [-0.2, -0.15) is 0 Å². The number of carbonyl (C=O) groups excluding carboxylic acids is 1. The van der Waals surface area contributed by atoms with Gasteiger partial charge in [0.1, 0.15) is 0 Å². The molecule has 3 heterocycles. The number of ether oxygens (including phenoxy) is 1. The van der Waals surface area contributed by atoms with E-state index in [0.717, 1.165) is 48.3 Å². The second-order valence-corrected chi connectivity index (χ2v) is 6.89. The van der Waals surface area contributed by atoms with Gasteiger partial charge in [-0.05, 0) is 36.6 Å². The van der Waals surface area contributed by atoms with Crippen LogP contribution in [0.25, 0.3) is 11.0 Å². The fraction of sp³-hybridized carbons (Fsp3) is 0.333. The molecule has 0 saturated carbocycles. The Bertz CT molecular complexity index is 955. The van der Waals surface area contributed by atoms with Gasteiger partial charge in [0.05, 0.1) is 18.1 Å². The molecule has 1 amide bonds. The molecular formula is C21H23N5O2. The van der Waals surface area contributed by atoms with Crippen molar-refractivity contribution in [3.63, 3.8) is 0 Å². The summed E-state index contributed by atoms with van der Waals surface area (Å²) in [6.45, 7) is 2.00. The van der Waals surface area contributed by atoms with Crippen molar-refractivity contribution in [3.05, 3.63) is 54.4 Å². The van der Waals surface area contributed by atoms with Crippen molar-refractivity contribution in [2.45, 2.75) is 19.4 Å². The van der Waals surface area contributed by atoms with E-state index in [1.54, 1.807) is 19.5 Å². The number of methoxy groups -OCH3 is 1. The zero-order valence-electron chi connectivity index (χ0n) is 15.8. The molecular weight excluding hydrogens is 354 g/mol. The second kappa shape index (κ2) is 8.21. The Kier molecular flexibility index (Phi) is 5.32. The standard InChI is InChI=1S/C21H23N5O2/c1-28-21-19(24-17-6-2-3-7-18(17)25-21)26-11-8-16(9-12-26)20(27)23-14-15-5-4-10-22-13-15/h2-7,10,13,16H,8-9,11-12,14H2,1H3,(H,23,27). The lowest BCUT2D eigenvalue weighted by Gasteiger charge is -2.32. The Morgan fingerprint density at radius 2 is 1.89 bits per heavy atom. The normalized spacial score (nSPS) is 14.8. The number of rotatable bonds is 5. The van der Waals surface area contributed by atoms with E-state index in [1.807, 2.05) is 36.4 Å². The first-order chi connectivity index (χ1) is 13.7. The van der Waals surface area contributed by atoms with Crippen LogP contribution in [0.1, 0.15) is 18.4 Å². The van der Waals surface area contributed by atoms with Crippen LogP contribution in [0.5, 0.6) is 5.88 Å². The molecule has 1 aliphatic heterocycles. The molecule has 2 aromatic heterocycles. The molecule has 0 radical (unpaired) electrons. The summed E-state index contributed by atoms with van der Waals surface area (Å²) in [6, 6.07) is 11.6. The number of piperidine rings is 1. The number of anilines is 1. The van der Waals surface area contributed by atoms with Crippen LogP contribution in [0.15, 0.2) is 48.8 Å². The third-order valence-corrected chi connectivity index (χ3v) is 5.07. The van der Waals surface area contributed by atoms with Crippen LogP contribution < -0.4 is 15.0 Å². The predicted molar refractivity (Wildman–Crippen MR) is 107 cm³/mol. The number of nitrogens with one attached hydrogen (secondary N) is 1. The van der Waals surface area contributed by atoms with Crippen LogP contribution in [-0.2, 0) is 11.3 Å². The molecule has 7 nitrogen and oxygen atoms in total. The zero-order valence-corrected chi connectivity index (χ0v) is 15.8. The first-order valence-electron chi connectivity index (χ1n) is 9.47. The van der Waals surface area contributed by atoms with E-state index in [2.05, 4.69) is 20.2 Å². The lowest BCUT2D eigenvalue weighted by molar-refractivity contribution is -0.125. The number of fused-ring (bicyclic) bond motifs is 1. The molecule has 1 fully saturated rings. The molecule has 1 saturated heterocycles. The van der Waals surface area contributed by atoms with Crippen LogP contribution >= 0.6 is 0 Å². The van der Waals surface area contributed by atoms with Crippen molar-refractivity contribution < 1.29 is 9.53 Å². The van der Waals surface area contributed by atoms with E-state index in [1.165, 1.54) is 0 Å². The number of hydrogen-bond donors (Lipinski definition) is 1. The molecule has 3 aromatic rings. The average Bonchev–Trinajstić information content (AvgIpc) is 2.77. The number of pyridine rings is 1. The summed E-state index contributed by atoms with van der Waals surface area (Å²) in [5, 5.41) is 3.02. The molecule has 1 aromatic carbocycles. The van der Waals surface area contributed by atoms with Gasteiger partial charge < -0.3 is 15.0 Å². The topological polar surface area (TPSA) is 80.2 Å². The molecule has 0 aliphatic carbocycles. The quantitative estimate of drug-likeness (QED) is 0.736. The maximum absolute atomic E-state index is 12.5. The average molecular weight is 377 g/mol. The second-order valence-electron chi connectivity index (χ2n) is 6.89. The minimum Gasteiger partial charge on any atom is -0.478 e. The zero-order chi connectivity index (χ0) is 19.3. The fourth-order valence-corrected chi connectivity index (χ4v) is 3.51. The van der Waals surface area contributed by atoms with Crippen molar-refractivity contribution in [1.29, 1.82) is 0 Å². The number of amides is 1. The number of aromatic nitrogens is 3. The van der Waals surface area contributed by atoms with E-state index >= 15 is 0 Å². The molecule has 0 bridgehead atoms. The van der Waals surface area contributed by atoms with E-state index in [0.29, 0.717) is 12.4 Å². The van der Waals surface area contributed by atoms with Crippen molar-refractivity contribution in [1.82, 2.24) is 20.3 Å². The Balaban J connectivity index is 1.40. The Labute approximate surface area is 163 Å². The third kappa shape index (κ3) is 3.88. The van der Waals surface area contributed by atoms with Gasteiger partial charge in [0.15, 0.2) is 5.82 Å².